The van der Waals surface area contributed by atoms with Crippen LogP contribution in [0.4, 0.5) is 0 Å². The van der Waals surface area contributed by atoms with E-state index in [-0.39, 0.29) is 0 Å². The second-order valence-electron chi connectivity index (χ2n) is 5.00. The second-order valence-corrected chi connectivity index (χ2v) is 5.00. The molecule has 0 N–H and O–H groups in total. The third-order valence-electron chi connectivity index (χ3n) is 3.86. The van der Waals surface area contributed by atoms with Crippen molar-refractivity contribution >= 4 is 5.57 Å². The van der Waals surface area contributed by atoms with E-state index in [2.05, 4.69) is 43.3 Å². The largest absolute Gasteiger partial charge is 0.497 e. The summed E-state index contributed by atoms with van der Waals surface area (Å²) in [6.07, 6.45) is 3.21. The van der Waals surface area contributed by atoms with Gasteiger partial charge < -0.3 is 9.47 Å². The highest BCUT2D eigenvalue weighted by Crippen LogP contribution is 2.42. The molecule has 1 aliphatic carbocycles. The van der Waals surface area contributed by atoms with Crippen LogP contribution >= 0.6 is 0 Å². The van der Waals surface area contributed by atoms with Crippen molar-refractivity contribution in [3.63, 3.8) is 0 Å². The van der Waals surface area contributed by atoms with E-state index in [9.17, 15) is 0 Å². The second kappa shape index (κ2) is 5.04. The maximum atomic E-state index is 5.58. The molecule has 0 radical (unpaired) electrons. The molecule has 2 nitrogen and oxygen atoms in total. The van der Waals surface area contributed by atoms with Crippen molar-refractivity contribution < 1.29 is 9.47 Å². The molecule has 0 spiro atoms. The van der Waals surface area contributed by atoms with Gasteiger partial charge in [-0.15, -0.1) is 0 Å². The van der Waals surface area contributed by atoms with Crippen LogP contribution in [0.1, 0.15) is 18.1 Å². The molecule has 0 unspecified atom stereocenters. The molecular formula is C18H18O2. The highest BCUT2D eigenvalue weighted by Gasteiger charge is 2.19. The first-order chi connectivity index (χ1) is 9.74. The van der Waals surface area contributed by atoms with Crippen LogP contribution in [-0.2, 0) is 6.42 Å². The Morgan fingerprint density at radius 1 is 0.950 bits per heavy atom. The maximum absolute atomic E-state index is 5.58. The van der Waals surface area contributed by atoms with Crippen molar-refractivity contribution in [2.24, 2.45) is 0 Å². The normalized spacial score (nSPS) is 12.8. The molecule has 20 heavy (non-hydrogen) atoms. The van der Waals surface area contributed by atoms with Gasteiger partial charge in [0.2, 0.25) is 0 Å². The summed E-state index contributed by atoms with van der Waals surface area (Å²) in [5.74, 6) is 1.69. The van der Waals surface area contributed by atoms with E-state index in [4.69, 9.17) is 9.47 Å². The molecule has 2 aromatic rings. The van der Waals surface area contributed by atoms with Gasteiger partial charge in [0.1, 0.15) is 11.5 Å². The van der Waals surface area contributed by atoms with Crippen LogP contribution in [0.5, 0.6) is 11.5 Å². The van der Waals surface area contributed by atoms with E-state index in [1.165, 1.54) is 27.8 Å². The predicted molar refractivity (Wildman–Crippen MR) is 82.3 cm³/mol. The Morgan fingerprint density at radius 3 is 2.50 bits per heavy atom. The summed E-state index contributed by atoms with van der Waals surface area (Å²) in [7, 11) is 3.39. The molecule has 0 bridgehead atoms. The molecule has 0 amide bonds. The van der Waals surface area contributed by atoms with Crippen molar-refractivity contribution in [2.45, 2.75) is 13.3 Å². The molecule has 0 aliphatic heterocycles. The van der Waals surface area contributed by atoms with E-state index in [0.717, 1.165) is 17.9 Å². The Labute approximate surface area is 119 Å². The molecule has 102 valence electrons. The van der Waals surface area contributed by atoms with E-state index < -0.39 is 0 Å². The van der Waals surface area contributed by atoms with Gasteiger partial charge in [0.05, 0.1) is 14.2 Å². The summed E-state index contributed by atoms with van der Waals surface area (Å²) in [5.41, 5.74) is 6.19. The lowest BCUT2D eigenvalue weighted by atomic mass is 9.93. The first kappa shape index (κ1) is 12.8. The summed E-state index contributed by atoms with van der Waals surface area (Å²) in [5, 5.41) is 0. The Hall–Kier alpha value is -2.22. The zero-order valence-corrected chi connectivity index (χ0v) is 12.1. The zero-order valence-electron chi connectivity index (χ0n) is 12.1. The van der Waals surface area contributed by atoms with Gasteiger partial charge in [0.15, 0.2) is 0 Å². The number of benzene rings is 2. The fourth-order valence-corrected chi connectivity index (χ4v) is 2.81. The monoisotopic (exact) mass is 266 g/mol. The highest BCUT2D eigenvalue weighted by molar-refractivity contribution is 5.88. The summed E-state index contributed by atoms with van der Waals surface area (Å²) >= 11 is 0. The summed E-state index contributed by atoms with van der Waals surface area (Å²) in [4.78, 5) is 0. The zero-order chi connectivity index (χ0) is 14.1. The molecule has 0 heterocycles. The summed E-state index contributed by atoms with van der Waals surface area (Å²) in [6.45, 7) is 2.14. The van der Waals surface area contributed by atoms with E-state index in [1.807, 2.05) is 6.07 Å². The van der Waals surface area contributed by atoms with E-state index in [1.54, 1.807) is 14.2 Å². The van der Waals surface area contributed by atoms with Gasteiger partial charge in [-0.3, -0.25) is 0 Å². The van der Waals surface area contributed by atoms with Crippen molar-refractivity contribution in [3.05, 3.63) is 53.6 Å². The minimum atomic E-state index is 0.824. The fraction of sp³-hybridized carbons (Fsp3) is 0.222. The SMILES string of the molecule is COc1cc(OC)c2c(c1)-c1ccccc1CC=C2C. The van der Waals surface area contributed by atoms with Crippen molar-refractivity contribution in [1.29, 1.82) is 0 Å². The Kier molecular flexibility index (Phi) is 3.23. The van der Waals surface area contributed by atoms with Gasteiger partial charge in [-0.1, -0.05) is 30.3 Å². The van der Waals surface area contributed by atoms with E-state index >= 15 is 0 Å². The number of methoxy groups -OCH3 is 2. The molecule has 2 aromatic carbocycles. The van der Waals surface area contributed by atoms with Gasteiger partial charge in [-0.25, -0.2) is 0 Å². The Balaban J connectivity index is 2.37. The molecule has 1 aliphatic rings. The molecule has 0 aromatic heterocycles. The lowest BCUT2D eigenvalue weighted by molar-refractivity contribution is 0.394. The lowest BCUT2D eigenvalue weighted by Gasteiger charge is -2.16. The van der Waals surface area contributed by atoms with Crippen molar-refractivity contribution in [3.8, 4) is 22.6 Å². The summed E-state index contributed by atoms with van der Waals surface area (Å²) in [6, 6.07) is 12.6. The number of fused-ring (bicyclic) bond motifs is 3. The molecule has 0 saturated heterocycles. The number of hydrogen-bond donors (Lipinski definition) is 0. The fourth-order valence-electron chi connectivity index (χ4n) is 2.81. The number of hydrogen-bond acceptors (Lipinski definition) is 2. The van der Waals surface area contributed by atoms with Crippen LogP contribution < -0.4 is 9.47 Å². The molecule has 0 atom stereocenters. The van der Waals surface area contributed by atoms with Gasteiger partial charge in [-0.05, 0) is 41.7 Å². The summed E-state index contributed by atoms with van der Waals surface area (Å²) < 4.78 is 11.0. The molecule has 0 fully saturated rings. The van der Waals surface area contributed by atoms with Crippen molar-refractivity contribution in [2.75, 3.05) is 14.2 Å². The number of rotatable bonds is 2. The third kappa shape index (κ3) is 1.97. The average molecular weight is 266 g/mol. The standard InChI is InChI=1S/C18H18O2/c1-12-8-9-13-6-4-5-7-15(13)16-10-14(19-2)11-17(20-3)18(12)16/h4-8,10-11H,9H2,1-3H3. The van der Waals surface area contributed by atoms with Crippen LogP contribution in [0.2, 0.25) is 0 Å². The lowest BCUT2D eigenvalue weighted by Crippen LogP contribution is -1.95. The van der Waals surface area contributed by atoms with Gasteiger partial charge in [0.25, 0.3) is 0 Å². The van der Waals surface area contributed by atoms with Crippen LogP contribution in [0.3, 0.4) is 0 Å². The Bertz CT molecular complexity index is 684. The smallest absolute Gasteiger partial charge is 0.130 e. The minimum Gasteiger partial charge on any atom is -0.497 e. The van der Waals surface area contributed by atoms with Gasteiger partial charge in [-0.2, -0.15) is 0 Å². The maximum Gasteiger partial charge on any atom is 0.130 e. The first-order valence-electron chi connectivity index (χ1n) is 6.76. The minimum absolute atomic E-state index is 0.824. The highest BCUT2D eigenvalue weighted by atomic mass is 16.5. The van der Waals surface area contributed by atoms with Gasteiger partial charge >= 0.3 is 0 Å². The van der Waals surface area contributed by atoms with Crippen LogP contribution in [0, 0.1) is 0 Å². The molecule has 2 heteroatoms. The first-order valence-corrected chi connectivity index (χ1v) is 6.76. The molecule has 0 saturated carbocycles. The predicted octanol–water partition coefficient (Wildman–Crippen LogP) is 4.33. The number of ether oxygens (including phenoxy) is 2. The topological polar surface area (TPSA) is 18.5 Å². The van der Waals surface area contributed by atoms with Crippen LogP contribution in [0.25, 0.3) is 16.7 Å². The van der Waals surface area contributed by atoms with Gasteiger partial charge in [0, 0.05) is 11.6 Å². The van der Waals surface area contributed by atoms with Crippen LogP contribution in [-0.4, -0.2) is 14.2 Å². The van der Waals surface area contributed by atoms with E-state index in [0.29, 0.717) is 0 Å². The quantitative estimate of drug-likeness (QED) is 0.805. The Morgan fingerprint density at radius 2 is 1.75 bits per heavy atom. The molecular weight excluding hydrogens is 248 g/mol. The van der Waals surface area contributed by atoms with Crippen LogP contribution in [0.15, 0.2) is 42.5 Å². The average Bonchev–Trinajstić information content (AvgIpc) is 2.64. The number of allylic oxidation sites excluding steroid dienone is 2. The van der Waals surface area contributed by atoms with Crippen molar-refractivity contribution in [1.82, 2.24) is 0 Å². The molecule has 3 rings (SSSR count). The third-order valence-corrected chi connectivity index (χ3v) is 3.86.